The van der Waals surface area contributed by atoms with E-state index >= 15 is 0 Å². The number of benzene rings is 1. The first-order valence-electron chi connectivity index (χ1n) is 6.56. The number of nitrogens with two attached hydrogens (primary N) is 1. The van der Waals surface area contributed by atoms with Crippen molar-refractivity contribution in [3.8, 4) is 0 Å². The summed E-state index contributed by atoms with van der Waals surface area (Å²) in [5.41, 5.74) is 6.77. The van der Waals surface area contributed by atoms with Crippen molar-refractivity contribution in [1.82, 2.24) is 4.90 Å². The standard InChI is InChI=1S/C14H20Cl2N2.ClH/c15-13-5-1-4-12(14(13)16)10-18-8-2-3-11(9-18)6-7-17;/h1,4-5,11H,2-3,6-10,17H2;1H. The zero-order valence-corrected chi connectivity index (χ0v) is 13.3. The van der Waals surface area contributed by atoms with Crippen LogP contribution < -0.4 is 5.73 Å². The molecule has 0 spiro atoms. The second-order valence-corrected chi connectivity index (χ2v) is 5.82. The van der Waals surface area contributed by atoms with E-state index in [4.69, 9.17) is 28.9 Å². The molecule has 1 aromatic carbocycles. The van der Waals surface area contributed by atoms with Gasteiger partial charge in [-0.15, -0.1) is 12.4 Å². The molecule has 1 heterocycles. The summed E-state index contributed by atoms with van der Waals surface area (Å²) in [5.74, 6) is 0.738. The van der Waals surface area contributed by atoms with E-state index in [1.165, 1.54) is 12.8 Å². The molecule has 1 fully saturated rings. The highest BCUT2D eigenvalue weighted by atomic mass is 35.5. The minimum Gasteiger partial charge on any atom is -0.330 e. The van der Waals surface area contributed by atoms with E-state index in [1.807, 2.05) is 12.1 Å². The van der Waals surface area contributed by atoms with Gasteiger partial charge in [0.2, 0.25) is 0 Å². The van der Waals surface area contributed by atoms with Crippen LogP contribution in [0.2, 0.25) is 10.0 Å². The number of hydrogen-bond acceptors (Lipinski definition) is 2. The van der Waals surface area contributed by atoms with Gasteiger partial charge in [-0.1, -0.05) is 35.3 Å². The number of rotatable bonds is 4. The Balaban J connectivity index is 0.00000180. The van der Waals surface area contributed by atoms with Crippen LogP contribution in [0.3, 0.4) is 0 Å². The van der Waals surface area contributed by atoms with Crippen LogP contribution in [0, 0.1) is 5.92 Å². The Kier molecular flexibility index (Phi) is 7.48. The average Bonchev–Trinajstić information content (AvgIpc) is 2.36. The third kappa shape index (κ3) is 4.80. The lowest BCUT2D eigenvalue weighted by molar-refractivity contribution is 0.163. The van der Waals surface area contributed by atoms with E-state index in [0.717, 1.165) is 44.1 Å². The summed E-state index contributed by atoms with van der Waals surface area (Å²) in [7, 11) is 0. The molecule has 1 aromatic rings. The molecule has 0 amide bonds. The van der Waals surface area contributed by atoms with E-state index in [9.17, 15) is 0 Å². The number of halogens is 3. The Bertz CT molecular complexity index is 396. The van der Waals surface area contributed by atoms with E-state index < -0.39 is 0 Å². The monoisotopic (exact) mass is 322 g/mol. The Hall–Kier alpha value is 0.01000. The Morgan fingerprint density at radius 3 is 2.84 bits per heavy atom. The van der Waals surface area contributed by atoms with Gasteiger partial charge in [0.15, 0.2) is 0 Å². The molecule has 1 aliphatic heterocycles. The predicted molar refractivity (Wildman–Crippen MR) is 85.4 cm³/mol. The normalized spacial score (nSPS) is 20.1. The van der Waals surface area contributed by atoms with Crippen molar-refractivity contribution in [3.05, 3.63) is 33.8 Å². The second kappa shape index (κ2) is 8.33. The first-order valence-corrected chi connectivity index (χ1v) is 7.31. The van der Waals surface area contributed by atoms with Crippen LogP contribution >= 0.6 is 35.6 Å². The first-order chi connectivity index (χ1) is 8.70. The summed E-state index contributed by atoms with van der Waals surface area (Å²) in [6, 6.07) is 5.85. The van der Waals surface area contributed by atoms with Gasteiger partial charge in [0.05, 0.1) is 10.0 Å². The molecular weight excluding hydrogens is 303 g/mol. The van der Waals surface area contributed by atoms with Gasteiger partial charge in [0.25, 0.3) is 0 Å². The summed E-state index contributed by atoms with van der Waals surface area (Å²) in [5, 5.41) is 1.34. The van der Waals surface area contributed by atoms with E-state index in [1.54, 1.807) is 0 Å². The smallest absolute Gasteiger partial charge is 0.0637 e. The Labute approximate surface area is 131 Å². The molecule has 1 unspecified atom stereocenters. The topological polar surface area (TPSA) is 29.3 Å². The third-order valence-corrected chi connectivity index (χ3v) is 4.46. The molecule has 0 bridgehead atoms. The third-order valence-electron chi connectivity index (χ3n) is 3.60. The summed E-state index contributed by atoms with van der Waals surface area (Å²) in [6.45, 7) is 3.95. The fourth-order valence-corrected chi connectivity index (χ4v) is 3.06. The zero-order chi connectivity index (χ0) is 13.0. The molecule has 2 N–H and O–H groups in total. The minimum absolute atomic E-state index is 0. The van der Waals surface area contributed by atoms with Crippen molar-refractivity contribution < 1.29 is 0 Å². The fraction of sp³-hybridized carbons (Fsp3) is 0.571. The number of piperidine rings is 1. The summed E-state index contributed by atoms with van der Waals surface area (Å²) >= 11 is 12.3. The van der Waals surface area contributed by atoms with Gasteiger partial charge in [0.1, 0.15) is 0 Å². The second-order valence-electron chi connectivity index (χ2n) is 5.03. The first kappa shape index (κ1) is 17.1. The molecule has 19 heavy (non-hydrogen) atoms. The van der Waals surface area contributed by atoms with Gasteiger partial charge in [-0.3, -0.25) is 4.90 Å². The maximum absolute atomic E-state index is 6.23. The average molecular weight is 324 g/mol. The van der Waals surface area contributed by atoms with Crippen LogP contribution in [0.15, 0.2) is 18.2 Å². The van der Waals surface area contributed by atoms with Gasteiger partial charge >= 0.3 is 0 Å². The minimum atomic E-state index is 0. The van der Waals surface area contributed by atoms with Crippen LogP contribution in [-0.4, -0.2) is 24.5 Å². The molecule has 1 aliphatic rings. The van der Waals surface area contributed by atoms with Crippen molar-refractivity contribution in [2.24, 2.45) is 11.7 Å². The van der Waals surface area contributed by atoms with E-state index in [2.05, 4.69) is 11.0 Å². The van der Waals surface area contributed by atoms with Crippen LogP contribution in [0.5, 0.6) is 0 Å². The lowest BCUT2D eigenvalue weighted by Gasteiger charge is -2.32. The lowest BCUT2D eigenvalue weighted by atomic mass is 9.94. The predicted octanol–water partition coefficient (Wildman–Crippen LogP) is 3.98. The van der Waals surface area contributed by atoms with Crippen molar-refractivity contribution in [2.45, 2.75) is 25.8 Å². The van der Waals surface area contributed by atoms with Crippen LogP contribution in [-0.2, 0) is 6.54 Å². The Morgan fingerprint density at radius 1 is 1.32 bits per heavy atom. The highest BCUT2D eigenvalue weighted by molar-refractivity contribution is 6.42. The van der Waals surface area contributed by atoms with Crippen molar-refractivity contribution >= 4 is 35.6 Å². The van der Waals surface area contributed by atoms with Crippen molar-refractivity contribution in [1.29, 1.82) is 0 Å². The van der Waals surface area contributed by atoms with Gasteiger partial charge in [-0.25, -0.2) is 0 Å². The molecule has 1 saturated heterocycles. The molecule has 1 atom stereocenters. The van der Waals surface area contributed by atoms with Crippen LogP contribution in [0.4, 0.5) is 0 Å². The summed E-state index contributed by atoms with van der Waals surface area (Å²) in [6.07, 6.45) is 3.68. The van der Waals surface area contributed by atoms with Gasteiger partial charge in [0, 0.05) is 13.1 Å². The maximum Gasteiger partial charge on any atom is 0.0637 e. The van der Waals surface area contributed by atoms with Crippen molar-refractivity contribution in [2.75, 3.05) is 19.6 Å². The van der Waals surface area contributed by atoms with Gasteiger partial charge in [-0.05, 0) is 49.9 Å². The molecule has 2 nitrogen and oxygen atoms in total. The van der Waals surface area contributed by atoms with Crippen molar-refractivity contribution in [3.63, 3.8) is 0 Å². The van der Waals surface area contributed by atoms with Crippen LogP contribution in [0.1, 0.15) is 24.8 Å². The van der Waals surface area contributed by atoms with E-state index in [0.29, 0.717) is 10.0 Å². The van der Waals surface area contributed by atoms with Crippen LogP contribution in [0.25, 0.3) is 0 Å². The Morgan fingerprint density at radius 2 is 2.11 bits per heavy atom. The molecular formula is C14H21Cl3N2. The zero-order valence-electron chi connectivity index (χ0n) is 10.9. The molecule has 0 radical (unpaired) electrons. The lowest BCUT2D eigenvalue weighted by Crippen LogP contribution is -2.35. The molecule has 2 rings (SSSR count). The number of likely N-dealkylation sites (tertiary alicyclic amines) is 1. The SMILES string of the molecule is Cl.NCCC1CCCN(Cc2cccc(Cl)c2Cl)C1. The van der Waals surface area contributed by atoms with Gasteiger partial charge < -0.3 is 5.73 Å². The molecule has 0 saturated carbocycles. The molecule has 5 heteroatoms. The summed E-state index contributed by atoms with van der Waals surface area (Å²) in [4.78, 5) is 2.46. The van der Waals surface area contributed by atoms with Gasteiger partial charge in [-0.2, -0.15) is 0 Å². The highest BCUT2D eigenvalue weighted by Crippen LogP contribution is 2.28. The fourth-order valence-electron chi connectivity index (χ4n) is 2.68. The largest absolute Gasteiger partial charge is 0.330 e. The number of nitrogens with zero attached hydrogens (tertiary/aromatic N) is 1. The quantitative estimate of drug-likeness (QED) is 0.908. The molecule has 108 valence electrons. The number of hydrogen-bond donors (Lipinski definition) is 1. The molecule has 0 aliphatic carbocycles. The summed E-state index contributed by atoms with van der Waals surface area (Å²) < 4.78 is 0. The highest BCUT2D eigenvalue weighted by Gasteiger charge is 2.20. The molecule has 0 aromatic heterocycles. The van der Waals surface area contributed by atoms with E-state index in [-0.39, 0.29) is 12.4 Å². The maximum atomic E-state index is 6.23.